The van der Waals surface area contributed by atoms with E-state index in [0.29, 0.717) is 0 Å². The molecule has 2 N–H and O–H groups in total. The van der Waals surface area contributed by atoms with Crippen molar-refractivity contribution in [3.63, 3.8) is 0 Å². The Bertz CT molecular complexity index is 298. The summed E-state index contributed by atoms with van der Waals surface area (Å²) in [6, 6.07) is 10.2. The number of methoxy groups -OCH3 is 1. The molecule has 1 atom stereocenters. The molecule has 1 aromatic carbocycles. The standard InChI is InChI=1S/C13H22N2O/c1-13(14,11-15(2)9-10-16-3)12-7-5-4-6-8-12/h4-8H,9-11,14H2,1-3H3. The van der Waals surface area contributed by atoms with E-state index in [2.05, 4.69) is 31.0 Å². The van der Waals surface area contributed by atoms with E-state index in [9.17, 15) is 0 Å². The van der Waals surface area contributed by atoms with Crippen molar-refractivity contribution in [2.45, 2.75) is 12.5 Å². The van der Waals surface area contributed by atoms with Crippen LogP contribution in [0.25, 0.3) is 0 Å². The van der Waals surface area contributed by atoms with Gasteiger partial charge < -0.3 is 15.4 Å². The zero-order valence-electron chi connectivity index (χ0n) is 10.4. The molecule has 0 amide bonds. The van der Waals surface area contributed by atoms with Crippen LogP contribution in [0.1, 0.15) is 12.5 Å². The molecule has 3 heteroatoms. The molecule has 3 nitrogen and oxygen atoms in total. The maximum absolute atomic E-state index is 6.33. The first-order valence-corrected chi connectivity index (χ1v) is 5.58. The summed E-state index contributed by atoms with van der Waals surface area (Å²) in [7, 11) is 3.78. The predicted octanol–water partition coefficient (Wildman–Crippen LogP) is 1.44. The molecule has 16 heavy (non-hydrogen) atoms. The maximum Gasteiger partial charge on any atom is 0.0589 e. The van der Waals surface area contributed by atoms with Gasteiger partial charge in [-0.3, -0.25) is 0 Å². The smallest absolute Gasteiger partial charge is 0.0589 e. The molecule has 0 aliphatic carbocycles. The molecule has 0 heterocycles. The quantitative estimate of drug-likeness (QED) is 0.791. The Kier molecular flexibility index (Phi) is 4.93. The van der Waals surface area contributed by atoms with Crippen molar-refractivity contribution in [2.24, 2.45) is 5.73 Å². The summed E-state index contributed by atoms with van der Waals surface area (Å²) in [5.41, 5.74) is 7.18. The SMILES string of the molecule is COCCN(C)CC(C)(N)c1ccccc1. The van der Waals surface area contributed by atoms with Crippen LogP contribution in [0.3, 0.4) is 0 Å². The van der Waals surface area contributed by atoms with Crippen molar-refractivity contribution in [1.82, 2.24) is 4.90 Å². The Hall–Kier alpha value is -0.900. The fraction of sp³-hybridized carbons (Fsp3) is 0.538. The van der Waals surface area contributed by atoms with Gasteiger partial charge in [0.15, 0.2) is 0 Å². The van der Waals surface area contributed by atoms with Gasteiger partial charge in [0.05, 0.1) is 12.1 Å². The lowest BCUT2D eigenvalue weighted by molar-refractivity contribution is 0.149. The van der Waals surface area contributed by atoms with Crippen LogP contribution in [0.5, 0.6) is 0 Å². The van der Waals surface area contributed by atoms with Crippen LogP contribution < -0.4 is 5.73 Å². The molecule has 0 bridgehead atoms. The molecule has 90 valence electrons. The maximum atomic E-state index is 6.33. The Morgan fingerprint density at radius 3 is 2.50 bits per heavy atom. The van der Waals surface area contributed by atoms with Crippen LogP contribution >= 0.6 is 0 Å². The highest BCUT2D eigenvalue weighted by Gasteiger charge is 2.22. The van der Waals surface area contributed by atoms with Gasteiger partial charge in [0.25, 0.3) is 0 Å². The van der Waals surface area contributed by atoms with Gasteiger partial charge in [-0.15, -0.1) is 0 Å². The average Bonchev–Trinajstić information content (AvgIpc) is 2.27. The Morgan fingerprint density at radius 1 is 1.31 bits per heavy atom. The van der Waals surface area contributed by atoms with E-state index in [1.165, 1.54) is 5.56 Å². The van der Waals surface area contributed by atoms with E-state index in [1.807, 2.05) is 18.2 Å². The number of hydrogen-bond acceptors (Lipinski definition) is 3. The van der Waals surface area contributed by atoms with E-state index in [0.717, 1.165) is 19.7 Å². The molecule has 0 saturated carbocycles. The summed E-state index contributed by atoms with van der Waals surface area (Å²) < 4.78 is 5.05. The van der Waals surface area contributed by atoms with Crippen molar-refractivity contribution >= 4 is 0 Å². The number of nitrogens with two attached hydrogens (primary N) is 1. The van der Waals surface area contributed by atoms with E-state index in [-0.39, 0.29) is 5.54 Å². The molecule has 0 radical (unpaired) electrons. The molecule has 1 rings (SSSR count). The van der Waals surface area contributed by atoms with Crippen LogP contribution in [-0.4, -0.2) is 38.8 Å². The summed E-state index contributed by atoms with van der Waals surface area (Å²) in [6.07, 6.45) is 0. The summed E-state index contributed by atoms with van der Waals surface area (Å²) >= 11 is 0. The van der Waals surface area contributed by atoms with Crippen LogP contribution in [0.2, 0.25) is 0 Å². The molecule has 0 aliphatic heterocycles. The van der Waals surface area contributed by atoms with Crippen LogP contribution in [0.15, 0.2) is 30.3 Å². The van der Waals surface area contributed by atoms with Crippen molar-refractivity contribution < 1.29 is 4.74 Å². The minimum atomic E-state index is -0.316. The number of likely N-dealkylation sites (N-methyl/N-ethyl adjacent to an activating group) is 1. The third kappa shape index (κ3) is 3.93. The third-order valence-electron chi connectivity index (χ3n) is 2.71. The monoisotopic (exact) mass is 222 g/mol. The first-order chi connectivity index (χ1) is 7.56. The summed E-state index contributed by atoms with van der Waals surface area (Å²) in [5.74, 6) is 0. The van der Waals surface area contributed by atoms with E-state index in [4.69, 9.17) is 10.5 Å². The lowest BCUT2D eigenvalue weighted by Gasteiger charge is -2.30. The molecule has 0 spiro atoms. The Morgan fingerprint density at radius 2 is 1.94 bits per heavy atom. The minimum absolute atomic E-state index is 0.316. The highest BCUT2D eigenvalue weighted by atomic mass is 16.5. The first kappa shape index (κ1) is 13.2. The summed E-state index contributed by atoms with van der Waals surface area (Å²) in [4.78, 5) is 2.19. The number of nitrogens with zero attached hydrogens (tertiary/aromatic N) is 1. The third-order valence-corrected chi connectivity index (χ3v) is 2.71. The van der Waals surface area contributed by atoms with Gasteiger partial charge in [-0.2, -0.15) is 0 Å². The summed E-state index contributed by atoms with van der Waals surface area (Å²) in [6.45, 7) is 4.52. The molecule has 0 saturated heterocycles. The van der Waals surface area contributed by atoms with Gasteiger partial charge >= 0.3 is 0 Å². The molecular weight excluding hydrogens is 200 g/mol. The zero-order valence-corrected chi connectivity index (χ0v) is 10.4. The topological polar surface area (TPSA) is 38.5 Å². The van der Waals surface area contributed by atoms with E-state index in [1.54, 1.807) is 7.11 Å². The van der Waals surface area contributed by atoms with E-state index >= 15 is 0 Å². The van der Waals surface area contributed by atoms with Crippen molar-refractivity contribution in [1.29, 1.82) is 0 Å². The Labute approximate surface area is 98.2 Å². The predicted molar refractivity (Wildman–Crippen MR) is 67.4 cm³/mol. The number of hydrogen-bond donors (Lipinski definition) is 1. The van der Waals surface area contributed by atoms with Gasteiger partial charge in [-0.25, -0.2) is 0 Å². The number of rotatable bonds is 6. The van der Waals surface area contributed by atoms with Crippen LogP contribution in [-0.2, 0) is 10.3 Å². The van der Waals surface area contributed by atoms with Crippen molar-refractivity contribution in [2.75, 3.05) is 33.9 Å². The van der Waals surface area contributed by atoms with Gasteiger partial charge in [-0.1, -0.05) is 30.3 Å². The number of benzene rings is 1. The average molecular weight is 222 g/mol. The van der Waals surface area contributed by atoms with Crippen LogP contribution in [0.4, 0.5) is 0 Å². The lowest BCUT2D eigenvalue weighted by atomic mass is 9.93. The largest absolute Gasteiger partial charge is 0.383 e. The number of ether oxygens (including phenoxy) is 1. The second-order valence-electron chi connectivity index (χ2n) is 4.51. The minimum Gasteiger partial charge on any atom is -0.383 e. The lowest BCUT2D eigenvalue weighted by Crippen LogP contribution is -2.44. The van der Waals surface area contributed by atoms with Gasteiger partial charge in [-0.05, 0) is 19.5 Å². The highest BCUT2D eigenvalue weighted by Crippen LogP contribution is 2.17. The van der Waals surface area contributed by atoms with Gasteiger partial charge in [0.2, 0.25) is 0 Å². The fourth-order valence-corrected chi connectivity index (χ4v) is 1.80. The van der Waals surface area contributed by atoms with Gasteiger partial charge in [0, 0.05) is 20.2 Å². The molecule has 0 fully saturated rings. The fourth-order valence-electron chi connectivity index (χ4n) is 1.80. The van der Waals surface area contributed by atoms with Gasteiger partial charge in [0.1, 0.15) is 0 Å². The second-order valence-corrected chi connectivity index (χ2v) is 4.51. The molecular formula is C13H22N2O. The normalized spacial score (nSPS) is 15.1. The molecule has 0 aliphatic rings. The molecule has 0 aromatic heterocycles. The Balaban J connectivity index is 2.58. The highest BCUT2D eigenvalue weighted by molar-refractivity contribution is 5.23. The summed E-state index contributed by atoms with van der Waals surface area (Å²) in [5, 5.41) is 0. The second kappa shape index (κ2) is 5.99. The molecule has 1 unspecified atom stereocenters. The van der Waals surface area contributed by atoms with Crippen molar-refractivity contribution in [3.05, 3.63) is 35.9 Å². The van der Waals surface area contributed by atoms with Crippen LogP contribution in [0, 0.1) is 0 Å². The van der Waals surface area contributed by atoms with Crippen molar-refractivity contribution in [3.8, 4) is 0 Å². The molecule has 1 aromatic rings. The van der Waals surface area contributed by atoms with E-state index < -0.39 is 0 Å². The first-order valence-electron chi connectivity index (χ1n) is 5.58. The zero-order chi connectivity index (χ0) is 12.0.